The molecule has 6 rings (SSSR count). The van der Waals surface area contributed by atoms with E-state index in [1.165, 1.54) is 6.20 Å². The molecule has 3 N–H and O–H groups in total. The van der Waals surface area contributed by atoms with E-state index in [0.29, 0.717) is 33.8 Å². The molecule has 0 unspecified atom stereocenters. The number of carbonyl (C=O) groups excluding carboxylic acids is 2. The predicted molar refractivity (Wildman–Crippen MR) is 138 cm³/mol. The van der Waals surface area contributed by atoms with Gasteiger partial charge in [0.05, 0.1) is 16.8 Å². The summed E-state index contributed by atoms with van der Waals surface area (Å²) in [6, 6.07) is 15.9. The molecular formula is C25H15BrClN5O4. The highest BCUT2D eigenvalue weighted by atomic mass is 79.9. The number of nitrogens with two attached hydrogens (primary N) is 1. The molecule has 0 aliphatic carbocycles. The van der Waals surface area contributed by atoms with E-state index in [1.807, 2.05) is 18.2 Å². The summed E-state index contributed by atoms with van der Waals surface area (Å²) in [6.07, 6.45) is 1.51. The van der Waals surface area contributed by atoms with E-state index in [0.717, 1.165) is 15.2 Å². The molecule has 3 heterocycles. The number of aromatic nitrogens is 3. The first-order chi connectivity index (χ1) is 17.4. The molecule has 0 atom stereocenters. The number of nitrogens with one attached hydrogen (secondary N) is 1. The second kappa shape index (κ2) is 8.51. The number of hydrogen-bond acceptors (Lipinski definition) is 6. The van der Waals surface area contributed by atoms with Gasteiger partial charge in [0.2, 0.25) is 6.79 Å². The van der Waals surface area contributed by atoms with Gasteiger partial charge in [-0.1, -0.05) is 33.6 Å². The minimum absolute atomic E-state index is 0.105. The zero-order chi connectivity index (χ0) is 25.0. The van der Waals surface area contributed by atoms with Gasteiger partial charge in [0.15, 0.2) is 17.2 Å². The van der Waals surface area contributed by atoms with Crippen LogP contribution in [-0.2, 0) is 0 Å². The summed E-state index contributed by atoms with van der Waals surface area (Å²) in [6.45, 7) is 0.130. The first-order valence-electron chi connectivity index (χ1n) is 10.7. The molecule has 0 saturated carbocycles. The van der Waals surface area contributed by atoms with Gasteiger partial charge in [-0.3, -0.25) is 9.59 Å². The van der Waals surface area contributed by atoms with Gasteiger partial charge < -0.3 is 20.5 Å². The van der Waals surface area contributed by atoms with Crippen LogP contribution in [-0.4, -0.2) is 33.4 Å². The lowest BCUT2D eigenvalue weighted by atomic mass is 10.0. The molecule has 2 amide bonds. The third-order valence-corrected chi connectivity index (χ3v) is 6.78. The van der Waals surface area contributed by atoms with Crippen molar-refractivity contribution in [1.29, 1.82) is 0 Å². The van der Waals surface area contributed by atoms with Crippen LogP contribution in [0, 0.1) is 0 Å². The second-order valence-corrected chi connectivity index (χ2v) is 9.19. The van der Waals surface area contributed by atoms with Crippen molar-refractivity contribution in [3.8, 4) is 17.2 Å². The number of benzene rings is 3. The number of rotatable bonds is 4. The van der Waals surface area contributed by atoms with Gasteiger partial charge in [0, 0.05) is 33.2 Å². The summed E-state index contributed by atoms with van der Waals surface area (Å²) < 4.78 is 13.3. The van der Waals surface area contributed by atoms with Crippen LogP contribution in [0.2, 0.25) is 5.15 Å². The normalized spacial score (nSPS) is 12.3. The molecule has 11 heteroatoms. The van der Waals surface area contributed by atoms with Crippen LogP contribution >= 0.6 is 27.5 Å². The topological polar surface area (TPSA) is 121 Å². The summed E-state index contributed by atoms with van der Waals surface area (Å²) in [5, 5.41) is 9.63. The van der Waals surface area contributed by atoms with E-state index in [-0.39, 0.29) is 23.2 Å². The molecule has 0 bridgehead atoms. The number of halogens is 2. The van der Waals surface area contributed by atoms with Crippen molar-refractivity contribution >= 4 is 66.7 Å². The summed E-state index contributed by atoms with van der Waals surface area (Å²) in [5.74, 6) is 0.124. The van der Waals surface area contributed by atoms with Gasteiger partial charge in [0.1, 0.15) is 5.15 Å². The van der Waals surface area contributed by atoms with Crippen molar-refractivity contribution in [2.45, 2.75) is 0 Å². The van der Waals surface area contributed by atoms with Crippen molar-refractivity contribution in [1.82, 2.24) is 14.8 Å². The summed E-state index contributed by atoms with van der Waals surface area (Å²) in [7, 11) is 0. The van der Waals surface area contributed by atoms with Crippen molar-refractivity contribution in [3.63, 3.8) is 0 Å². The Hall–Kier alpha value is -4.15. The Morgan fingerprint density at radius 1 is 1.03 bits per heavy atom. The van der Waals surface area contributed by atoms with Gasteiger partial charge in [-0.05, 0) is 47.9 Å². The fourth-order valence-corrected chi connectivity index (χ4v) is 4.98. The van der Waals surface area contributed by atoms with Crippen molar-refractivity contribution in [2.75, 3.05) is 12.1 Å². The highest BCUT2D eigenvalue weighted by Crippen LogP contribution is 2.39. The number of amides is 2. The van der Waals surface area contributed by atoms with E-state index in [1.54, 1.807) is 41.1 Å². The SMILES string of the molecule is NC(=O)c1nn(-c2ccc3c(c2)OCO3)c2c1cc(Br)c1ccc(NC(=O)c3cccnc3Cl)cc12. The number of pyridine rings is 1. The van der Waals surface area contributed by atoms with Crippen molar-refractivity contribution < 1.29 is 19.1 Å². The number of anilines is 1. The third-order valence-electron chi connectivity index (χ3n) is 5.82. The number of hydrogen-bond donors (Lipinski definition) is 2. The first kappa shape index (κ1) is 22.3. The third kappa shape index (κ3) is 3.62. The minimum atomic E-state index is -0.665. The summed E-state index contributed by atoms with van der Waals surface area (Å²) in [4.78, 5) is 29.1. The Morgan fingerprint density at radius 3 is 2.67 bits per heavy atom. The molecule has 2 aromatic heterocycles. The molecule has 0 radical (unpaired) electrons. The smallest absolute Gasteiger partial charge is 0.269 e. The molecule has 36 heavy (non-hydrogen) atoms. The molecule has 178 valence electrons. The van der Waals surface area contributed by atoms with Crippen LogP contribution in [0.25, 0.3) is 27.4 Å². The Morgan fingerprint density at radius 2 is 1.86 bits per heavy atom. The number of primary amides is 1. The summed E-state index contributed by atoms with van der Waals surface area (Å²) in [5.41, 5.74) is 7.85. The fraction of sp³-hybridized carbons (Fsp3) is 0.0400. The van der Waals surface area contributed by atoms with E-state index in [4.69, 9.17) is 26.8 Å². The van der Waals surface area contributed by atoms with E-state index in [2.05, 4.69) is 31.3 Å². The van der Waals surface area contributed by atoms with Crippen LogP contribution < -0.4 is 20.5 Å². The van der Waals surface area contributed by atoms with Gasteiger partial charge in [-0.2, -0.15) is 5.10 Å². The molecule has 9 nitrogen and oxygen atoms in total. The Kier molecular flexibility index (Phi) is 5.27. The molecule has 0 spiro atoms. The Bertz CT molecular complexity index is 1740. The molecular weight excluding hydrogens is 550 g/mol. The first-order valence-corrected chi connectivity index (χ1v) is 11.8. The van der Waals surface area contributed by atoms with Gasteiger partial charge in [0.25, 0.3) is 11.8 Å². The monoisotopic (exact) mass is 563 g/mol. The average Bonchev–Trinajstić information content (AvgIpc) is 3.48. The Balaban J connectivity index is 1.56. The van der Waals surface area contributed by atoms with Crippen LogP contribution in [0.15, 0.2) is 65.3 Å². The van der Waals surface area contributed by atoms with Crippen LogP contribution in [0.3, 0.4) is 0 Å². The lowest BCUT2D eigenvalue weighted by molar-refractivity contribution is 0.0994. The maximum absolute atomic E-state index is 12.8. The summed E-state index contributed by atoms with van der Waals surface area (Å²) >= 11 is 9.68. The average molecular weight is 565 g/mol. The van der Waals surface area contributed by atoms with Crippen molar-refractivity contribution in [2.24, 2.45) is 5.73 Å². The minimum Gasteiger partial charge on any atom is -0.454 e. The number of nitrogens with zero attached hydrogens (tertiary/aromatic N) is 3. The lowest BCUT2D eigenvalue weighted by Gasteiger charge is -2.11. The fourth-order valence-electron chi connectivity index (χ4n) is 4.20. The molecule has 1 aliphatic heterocycles. The van der Waals surface area contributed by atoms with Gasteiger partial charge >= 0.3 is 0 Å². The highest BCUT2D eigenvalue weighted by molar-refractivity contribution is 9.10. The Labute approximate surface area is 216 Å². The largest absolute Gasteiger partial charge is 0.454 e. The lowest BCUT2D eigenvalue weighted by Crippen LogP contribution is -2.12. The predicted octanol–water partition coefficient (Wildman–Crippen LogP) is 5.07. The maximum atomic E-state index is 12.8. The van der Waals surface area contributed by atoms with Crippen LogP contribution in [0.4, 0.5) is 5.69 Å². The van der Waals surface area contributed by atoms with Crippen LogP contribution in [0.1, 0.15) is 20.8 Å². The zero-order valence-electron chi connectivity index (χ0n) is 18.3. The molecule has 0 fully saturated rings. The molecule has 3 aromatic carbocycles. The van der Waals surface area contributed by atoms with E-state index < -0.39 is 11.8 Å². The molecule has 5 aromatic rings. The highest BCUT2D eigenvalue weighted by Gasteiger charge is 2.22. The number of carbonyl (C=O) groups is 2. The maximum Gasteiger partial charge on any atom is 0.269 e. The van der Waals surface area contributed by atoms with Gasteiger partial charge in [-0.15, -0.1) is 0 Å². The van der Waals surface area contributed by atoms with Crippen molar-refractivity contribution in [3.05, 3.63) is 81.7 Å². The van der Waals surface area contributed by atoms with Gasteiger partial charge in [-0.25, -0.2) is 9.67 Å². The second-order valence-electron chi connectivity index (χ2n) is 7.97. The molecule has 0 saturated heterocycles. The zero-order valence-corrected chi connectivity index (χ0v) is 20.6. The van der Waals surface area contributed by atoms with E-state index in [9.17, 15) is 9.59 Å². The standard InChI is InChI=1S/C25H15BrClN5O4/c26-18-10-17-21(24(28)33)31-32(13-4-6-19-20(9-13)36-11-35-19)22(17)16-8-12(3-5-14(16)18)30-25(34)15-2-1-7-29-23(15)27/h1-10H,11H2,(H2,28,33)(H,30,34). The quantitative estimate of drug-likeness (QED) is 0.294. The number of fused-ring (bicyclic) bond motifs is 4. The number of ether oxygens (including phenoxy) is 2. The van der Waals surface area contributed by atoms with Crippen LogP contribution in [0.5, 0.6) is 11.5 Å². The van der Waals surface area contributed by atoms with E-state index >= 15 is 0 Å². The molecule has 1 aliphatic rings.